The summed E-state index contributed by atoms with van der Waals surface area (Å²) in [6.07, 6.45) is 2.51. The van der Waals surface area contributed by atoms with Crippen molar-refractivity contribution in [2.75, 3.05) is 12.4 Å². The summed E-state index contributed by atoms with van der Waals surface area (Å²) in [6.45, 7) is 2.04. The molecule has 18 heavy (non-hydrogen) atoms. The number of ether oxygens (including phenoxy) is 1. The molecule has 0 spiro atoms. The van der Waals surface area contributed by atoms with Crippen LogP contribution in [0.1, 0.15) is 26.2 Å². The molecule has 0 saturated heterocycles. The van der Waals surface area contributed by atoms with Crippen molar-refractivity contribution in [2.24, 2.45) is 0 Å². The van der Waals surface area contributed by atoms with E-state index in [0.717, 1.165) is 12.8 Å². The average molecular weight is 274 g/mol. The smallest absolute Gasteiger partial charge is 0.328 e. The number of rotatable bonds is 6. The summed E-state index contributed by atoms with van der Waals surface area (Å²) in [7, 11) is 1.34. The summed E-state index contributed by atoms with van der Waals surface area (Å²) >= 11 is 5.60. The molecule has 1 N–H and O–H groups in total. The van der Waals surface area contributed by atoms with Crippen molar-refractivity contribution in [1.82, 2.24) is 0 Å². The van der Waals surface area contributed by atoms with E-state index in [4.69, 9.17) is 16.3 Å². The summed E-state index contributed by atoms with van der Waals surface area (Å²) in [5.74, 6) is -0.861. The third kappa shape index (κ3) is 4.18. The molecule has 1 unspecified atom stereocenters. The molecule has 0 fully saturated rings. The van der Waals surface area contributed by atoms with Crippen LogP contribution in [0.15, 0.2) is 18.2 Å². The number of anilines is 1. The first kappa shape index (κ1) is 14.8. The maximum atomic E-state index is 13.3. The first-order chi connectivity index (χ1) is 8.58. The Hall–Kier alpha value is -1.29. The number of hydrogen-bond acceptors (Lipinski definition) is 3. The minimum absolute atomic E-state index is 0.0590. The monoisotopic (exact) mass is 273 g/mol. The number of carbonyl (C=O) groups is 1. The number of unbranched alkanes of at least 4 members (excludes halogenated alkanes) is 1. The van der Waals surface area contributed by atoms with Crippen LogP contribution in [-0.4, -0.2) is 19.1 Å². The minimum Gasteiger partial charge on any atom is -0.467 e. The molecule has 0 aromatic heterocycles. The van der Waals surface area contributed by atoms with Gasteiger partial charge in [0.05, 0.1) is 12.1 Å². The lowest BCUT2D eigenvalue weighted by Crippen LogP contribution is -2.30. The molecule has 0 amide bonds. The summed E-state index contributed by atoms with van der Waals surface area (Å²) in [6, 6.07) is 3.89. The maximum Gasteiger partial charge on any atom is 0.328 e. The van der Waals surface area contributed by atoms with E-state index in [0.29, 0.717) is 12.1 Å². The SMILES string of the molecule is CCCCC(Nc1ccc(Cl)c(F)c1)C(=O)OC. The Kier molecular flexibility index (Phi) is 5.92. The zero-order chi connectivity index (χ0) is 13.5. The van der Waals surface area contributed by atoms with Crippen molar-refractivity contribution >= 4 is 23.3 Å². The van der Waals surface area contributed by atoms with E-state index >= 15 is 0 Å². The van der Waals surface area contributed by atoms with Crippen LogP contribution in [0.5, 0.6) is 0 Å². The molecule has 0 aliphatic rings. The fraction of sp³-hybridized carbons (Fsp3) is 0.462. The summed E-state index contributed by atoms with van der Waals surface area (Å²) in [5.41, 5.74) is 0.517. The molecule has 0 saturated carbocycles. The van der Waals surface area contributed by atoms with Crippen LogP contribution in [0.3, 0.4) is 0 Å². The van der Waals surface area contributed by atoms with Crippen LogP contribution < -0.4 is 5.32 Å². The second-order valence-corrected chi connectivity index (χ2v) is 4.40. The first-order valence-corrected chi connectivity index (χ1v) is 6.25. The van der Waals surface area contributed by atoms with Crippen molar-refractivity contribution in [3.05, 3.63) is 29.0 Å². The van der Waals surface area contributed by atoms with E-state index < -0.39 is 11.9 Å². The van der Waals surface area contributed by atoms with Crippen molar-refractivity contribution in [3.63, 3.8) is 0 Å². The van der Waals surface area contributed by atoms with Gasteiger partial charge in [0.1, 0.15) is 11.9 Å². The summed E-state index contributed by atoms with van der Waals surface area (Å²) in [4.78, 5) is 11.6. The molecule has 5 heteroatoms. The van der Waals surface area contributed by atoms with Gasteiger partial charge in [0.25, 0.3) is 0 Å². The standard InChI is InChI=1S/C13H17ClFNO2/c1-3-4-5-12(13(17)18-2)16-9-6-7-10(14)11(15)8-9/h6-8,12,16H,3-5H2,1-2H3. The van der Waals surface area contributed by atoms with Crippen molar-refractivity contribution < 1.29 is 13.9 Å². The lowest BCUT2D eigenvalue weighted by Gasteiger charge is -2.17. The molecule has 1 aromatic rings. The number of hydrogen-bond donors (Lipinski definition) is 1. The Morgan fingerprint density at radius 1 is 1.56 bits per heavy atom. The number of nitrogens with one attached hydrogen (secondary N) is 1. The predicted molar refractivity (Wildman–Crippen MR) is 70.4 cm³/mol. The predicted octanol–water partition coefficient (Wildman–Crippen LogP) is 3.62. The van der Waals surface area contributed by atoms with Crippen LogP contribution >= 0.6 is 11.6 Å². The molecule has 3 nitrogen and oxygen atoms in total. The van der Waals surface area contributed by atoms with Crippen molar-refractivity contribution in [1.29, 1.82) is 0 Å². The van der Waals surface area contributed by atoms with Gasteiger partial charge in [0.15, 0.2) is 0 Å². The van der Waals surface area contributed by atoms with Crippen molar-refractivity contribution in [2.45, 2.75) is 32.2 Å². The highest BCUT2D eigenvalue weighted by Gasteiger charge is 2.18. The van der Waals surface area contributed by atoms with Crippen molar-refractivity contribution in [3.8, 4) is 0 Å². The van der Waals surface area contributed by atoms with E-state index in [1.807, 2.05) is 6.92 Å². The summed E-state index contributed by atoms with van der Waals surface area (Å²) in [5, 5.41) is 3.02. The Bertz CT molecular complexity index is 412. The molecule has 0 heterocycles. The fourth-order valence-corrected chi connectivity index (χ4v) is 1.70. The molecular weight excluding hydrogens is 257 g/mol. The van der Waals surface area contributed by atoms with E-state index in [2.05, 4.69) is 5.32 Å². The molecule has 1 rings (SSSR count). The van der Waals surface area contributed by atoms with Gasteiger partial charge in [0, 0.05) is 5.69 Å². The highest BCUT2D eigenvalue weighted by atomic mass is 35.5. The van der Waals surface area contributed by atoms with Crippen LogP contribution in [0.4, 0.5) is 10.1 Å². The molecule has 1 aromatic carbocycles. The molecule has 0 bridgehead atoms. The van der Waals surface area contributed by atoms with Crippen LogP contribution in [0.25, 0.3) is 0 Å². The van der Waals surface area contributed by atoms with E-state index in [9.17, 15) is 9.18 Å². The Balaban J connectivity index is 2.75. The van der Waals surface area contributed by atoms with E-state index in [1.54, 1.807) is 6.07 Å². The van der Waals surface area contributed by atoms with Gasteiger partial charge in [-0.3, -0.25) is 0 Å². The number of carbonyl (C=O) groups excluding carboxylic acids is 1. The number of benzene rings is 1. The van der Waals surface area contributed by atoms with Gasteiger partial charge >= 0.3 is 5.97 Å². The lowest BCUT2D eigenvalue weighted by molar-refractivity contribution is -0.141. The van der Waals surface area contributed by atoms with E-state index in [-0.39, 0.29) is 11.0 Å². The van der Waals surface area contributed by atoms with Gasteiger partial charge in [-0.15, -0.1) is 0 Å². The van der Waals surface area contributed by atoms with Gasteiger partial charge in [0.2, 0.25) is 0 Å². The fourth-order valence-electron chi connectivity index (χ4n) is 1.59. The Labute approximate surface area is 111 Å². The third-order valence-electron chi connectivity index (χ3n) is 2.59. The second-order valence-electron chi connectivity index (χ2n) is 3.99. The zero-order valence-corrected chi connectivity index (χ0v) is 11.3. The number of methoxy groups -OCH3 is 1. The average Bonchev–Trinajstić information content (AvgIpc) is 2.37. The van der Waals surface area contributed by atoms with Crippen LogP contribution in [0.2, 0.25) is 5.02 Å². The normalized spacial score (nSPS) is 12.0. The third-order valence-corrected chi connectivity index (χ3v) is 2.90. The van der Waals surface area contributed by atoms with Gasteiger partial charge in [-0.25, -0.2) is 9.18 Å². The molecule has 100 valence electrons. The lowest BCUT2D eigenvalue weighted by atomic mass is 10.1. The van der Waals surface area contributed by atoms with Gasteiger partial charge < -0.3 is 10.1 Å². The Morgan fingerprint density at radius 2 is 2.28 bits per heavy atom. The largest absolute Gasteiger partial charge is 0.467 e. The summed E-state index contributed by atoms with van der Waals surface area (Å²) < 4.78 is 18.0. The quantitative estimate of drug-likeness (QED) is 0.805. The number of esters is 1. The molecule has 0 aliphatic heterocycles. The molecule has 0 radical (unpaired) electrons. The maximum absolute atomic E-state index is 13.3. The van der Waals surface area contributed by atoms with Crippen LogP contribution in [-0.2, 0) is 9.53 Å². The first-order valence-electron chi connectivity index (χ1n) is 5.88. The molecule has 1 atom stereocenters. The van der Waals surface area contributed by atoms with Gasteiger partial charge in [-0.05, 0) is 24.6 Å². The molecule has 0 aliphatic carbocycles. The topological polar surface area (TPSA) is 38.3 Å². The number of halogens is 2. The second kappa shape index (κ2) is 7.21. The Morgan fingerprint density at radius 3 is 2.83 bits per heavy atom. The van der Waals surface area contributed by atoms with E-state index in [1.165, 1.54) is 19.2 Å². The van der Waals surface area contributed by atoms with Gasteiger partial charge in [-0.1, -0.05) is 31.4 Å². The molecular formula is C13H17ClFNO2. The van der Waals surface area contributed by atoms with Gasteiger partial charge in [-0.2, -0.15) is 0 Å². The highest BCUT2D eigenvalue weighted by molar-refractivity contribution is 6.30. The highest BCUT2D eigenvalue weighted by Crippen LogP contribution is 2.20. The van der Waals surface area contributed by atoms with Crippen LogP contribution in [0, 0.1) is 5.82 Å². The zero-order valence-electron chi connectivity index (χ0n) is 10.5. The minimum atomic E-state index is -0.513.